The normalized spacial score (nSPS) is 23.6. The molecule has 1 aromatic carbocycles. The number of rotatable bonds is 3. The van der Waals surface area contributed by atoms with Gasteiger partial charge in [-0.2, -0.15) is 0 Å². The maximum atomic E-state index is 10.5. The van der Waals surface area contributed by atoms with Crippen molar-refractivity contribution in [3.05, 3.63) is 32.8 Å². The summed E-state index contributed by atoms with van der Waals surface area (Å²) in [5.74, 6) is 0.701. The quantitative estimate of drug-likeness (QED) is 0.678. The Balaban J connectivity index is 2.15. The number of halogens is 1. The van der Waals surface area contributed by atoms with Gasteiger partial charge in [-0.3, -0.25) is 10.1 Å². The zero-order valence-electron chi connectivity index (χ0n) is 8.24. The molecule has 0 radical (unpaired) electrons. The maximum Gasteiger partial charge on any atom is 0.270 e. The number of nitro groups is 1. The lowest BCUT2D eigenvalue weighted by atomic mass is 10.3. The van der Waals surface area contributed by atoms with E-state index >= 15 is 0 Å². The van der Waals surface area contributed by atoms with Gasteiger partial charge < -0.3 is 5.32 Å². The Kier molecular flexibility index (Phi) is 2.65. The van der Waals surface area contributed by atoms with Crippen molar-refractivity contribution >= 4 is 27.3 Å². The Morgan fingerprint density at radius 1 is 1.60 bits per heavy atom. The molecule has 0 spiro atoms. The first kappa shape index (κ1) is 10.4. The lowest BCUT2D eigenvalue weighted by Crippen LogP contribution is -2.04. The average Bonchev–Trinajstić information content (AvgIpc) is 2.85. The molecule has 15 heavy (non-hydrogen) atoms. The molecule has 0 aliphatic heterocycles. The van der Waals surface area contributed by atoms with Gasteiger partial charge in [0.1, 0.15) is 0 Å². The lowest BCUT2D eigenvalue weighted by Gasteiger charge is -2.06. The second-order valence-electron chi connectivity index (χ2n) is 3.89. The molecule has 80 valence electrons. The minimum atomic E-state index is -0.395. The summed E-state index contributed by atoms with van der Waals surface area (Å²) in [5.41, 5.74) is 1.03. The van der Waals surface area contributed by atoms with Gasteiger partial charge in [0.2, 0.25) is 0 Å². The van der Waals surface area contributed by atoms with Gasteiger partial charge in [-0.15, -0.1) is 0 Å². The van der Waals surface area contributed by atoms with Crippen LogP contribution in [0.5, 0.6) is 0 Å². The van der Waals surface area contributed by atoms with Crippen LogP contribution in [0, 0.1) is 16.0 Å². The number of nitrogens with one attached hydrogen (secondary N) is 1. The van der Waals surface area contributed by atoms with Crippen LogP contribution in [0.4, 0.5) is 11.4 Å². The molecule has 1 saturated carbocycles. The van der Waals surface area contributed by atoms with E-state index in [1.165, 1.54) is 18.6 Å². The van der Waals surface area contributed by atoms with Crippen molar-refractivity contribution in [1.82, 2.24) is 0 Å². The first-order valence-corrected chi connectivity index (χ1v) is 5.57. The number of nitrogens with zero attached hydrogens (tertiary/aromatic N) is 1. The summed E-state index contributed by atoms with van der Waals surface area (Å²) in [6.07, 6.45) is 1.17. The van der Waals surface area contributed by atoms with Crippen molar-refractivity contribution in [2.75, 3.05) is 5.32 Å². The van der Waals surface area contributed by atoms with Gasteiger partial charge in [-0.25, -0.2) is 0 Å². The van der Waals surface area contributed by atoms with Gasteiger partial charge in [0.05, 0.1) is 4.92 Å². The standard InChI is InChI=1S/C10H11BrN2O2/c1-6-4-10(6)12-9-3-2-7(13(14)15)5-8(9)11/h2-3,5-6,10,12H,4H2,1H3. The zero-order valence-corrected chi connectivity index (χ0v) is 9.82. The topological polar surface area (TPSA) is 55.2 Å². The molecule has 0 aromatic heterocycles. The van der Waals surface area contributed by atoms with Crippen LogP contribution in [0.2, 0.25) is 0 Å². The second-order valence-corrected chi connectivity index (χ2v) is 4.74. The van der Waals surface area contributed by atoms with Crippen LogP contribution < -0.4 is 5.32 Å². The Bertz CT molecular complexity index is 408. The predicted molar refractivity (Wildman–Crippen MR) is 62.0 cm³/mol. The number of hydrogen-bond donors (Lipinski definition) is 1. The van der Waals surface area contributed by atoms with Gasteiger partial charge >= 0.3 is 0 Å². The summed E-state index contributed by atoms with van der Waals surface area (Å²) in [7, 11) is 0. The molecule has 2 unspecified atom stereocenters. The molecule has 0 amide bonds. The van der Waals surface area contributed by atoms with E-state index in [9.17, 15) is 10.1 Å². The molecule has 1 aliphatic carbocycles. The van der Waals surface area contributed by atoms with Crippen LogP contribution in [0.1, 0.15) is 13.3 Å². The molecule has 2 atom stereocenters. The Labute approximate surface area is 96.0 Å². The van der Waals surface area contributed by atoms with Crippen molar-refractivity contribution in [2.24, 2.45) is 5.92 Å². The highest BCUT2D eigenvalue weighted by molar-refractivity contribution is 9.10. The third-order valence-electron chi connectivity index (χ3n) is 2.61. The second kappa shape index (κ2) is 3.81. The van der Waals surface area contributed by atoms with Crippen LogP contribution in [-0.4, -0.2) is 11.0 Å². The Morgan fingerprint density at radius 2 is 2.27 bits per heavy atom. The molecule has 1 aliphatic rings. The fraction of sp³-hybridized carbons (Fsp3) is 0.400. The summed E-state index contributed by atoms with van der Waals surface area (Å²) >= 11 is 3.32. The molecule has 0 saturated heterocycles. The van der Waals surface area contributed by atoms with E-state index in [-0.39, 0.29) is 5.69 Å². The first-order valence-electron chi connectivity index (χ1n) is 4.78. The third-order valence-corrected chi connectivity index (χ3v) is 3.27. The van der Waals surface area contributed by atoms with Crippen molar-refractivity contribution in [2.45, 2.75) is 19.4 Å². The summed E-state index contributed by atoms with van der Waals surface area (Å²) in [4.78, 5) is 10.1. The Hall–Kier alpha value is -1.10. The van der Waals surface area contributed by atoms with E-state index in [0.717, 1.165) is 10.2 Å². The molecule has 1 N–H and O–H groups in total. The van der Waals surface area contributed by atoms with E-state index in [1.807, 2.05) is 0 Å². The predicted octanol–water partition coefficient (Wildman–Crippen LogP) is 3.18. The highest BCUT2D eigenvalue weighted by Gasteiger charge is 2.32. The third kappa shape index (κ3) is 2.28. The number of non-ortho nitro benzene ring substituents is 1. The first-order chi connectivity index (χ1) is 7.08. The summed E-state index contributed by atoms with van der Waals surface area (Å²) in [6, 6.07) is 5.30. The van der Waals surface area contributed by atoms with Gasteiger partial charge in [-0.05, 0) is 34.3 Å². The number of benzene rings is 1. The monoisotopic (exact) mass is 270 g/mol. The molecular formula is C10H11BrN2O2. The van der Waals surface area contributed by atoms with Crippen LogP contribution in [0.3, 0.4) is 0 Å². The smallest absolute Gasteiger partial charge is 0.270 e. The molecule has 2 rings (SSSR count). The molecule has 0 heterocycles. The van der Waals surface area contributed by atoms with Crippen molar-refractivity contribution in [3.8, 4) is 0 Å². The molecular weight excluding hydrogens is 260 g/mol. The Morgan fingerprint density at radius 3 is 2.73 bits per heavy atom. The SMILES string of the molecule is CC1CC1Nc1ccc([N+](=O)[O-])cc1Br. The molecule has 1 fully saturated rings. The largest absolute Gasteiger partial charge is 0.381 e. The maximum absolute atomic E-state index is 10.5. The fourth-order valence-electron chi connectivity index (χ4n) is 1.46. The number of anilines is 1. The van der Waals surface area contributed by atoms with Gasteiger partial charge in [0.25, 0.3) is 5.69 Å². The minimum Gasteiger partial charge on any atom is -0.381 e. The van der Waals surface area contributed by atoms with Gasteiger partial charge in [0.15, 0.2) is 0 Å². The van der Waals surface area contributed by atoms with Crippen LogP contribution in [0.15, 0.2) is 22.7 Å². The molecule has 1 aromatic rings. The summed E-state index contributed by atoms with van der Waals surface area (Å²) < 4.78 is 0.746. The lowest BCUT2D eigenvalue weighted by molar-refractivity contribution is -0.384. The summed E-state index contributed by atoms with van der Waals surface area (Å²) in [5, 5.41) is 13.8. The van der Waals surface area contributed by atoms with E-state index in [4.69, 9.17) is 0 Å². The molecule has 5 heteroatoms. The fourth-order valence-corrected chi connectivity index (χ4v) is 1.94. The van der Waals surface area contributed by atoms with E-state index < -0.39 is 4.92 Å². The van der Waals surface area contributed by atoms with Gasteiger partial charge in [-0.1, -0.05) is 6.92 Å². The summed E-state index contributed by atoms with van der Waals surface area (Å²) in [6.45, 7) is 2.18. The van der Waals surface area contributed by atoms with Crippen LogP contribution in [-0.2, 0) is 0 Å². The van der Waals surface area contributed by atoms with E-state index in [0.29, 0.717) is 12.0 Å². The van der Waals surface area contributed by atoms with Crippen molar-refractivity contribution in [1.29, 1.82) is 0 Å². The highest BCUT2D eigenvalue weighted by Crippen LogP contribution is 2.35. The zero-order chi connectivity index (χ0) is 11.0. The average molecular weight is 271 g/mol. The van der Waals surface area contributed by atoms with Crippen molar-refractivity contribution < 1.29 is 4.92 Å². The van der Waals surface area contributed by atoms with Crippen LogP contribution >= 0.6 is 15.9 Å². The molecule has 4 nitrogen and oxygen atoms in total. The highest BCUT2D eigenvalue weighted by atomic mass is 79.9. The van der Waals surface area contributed by atoms with Crippen LogP contribution in [0.25, 0.3) is 0 Å². The van der Waals surface area contributed by atoms with E-state index in [1.54, 1.807) is 6.07 Å². The van der Waals surface area contributed by atoms with Gasteiger partial charge in [0, 0.05) is 28.3 Å². The van der Waals surface area contributed by atoms with Crippen molar-refractivity contribution in [3.63, 3.8) is 0 Å². The molecule has 0 bridgehead atoms. The number of hydrogen-bond acceptors (Lipinski definition) is 3. The van der Waals surface area contributed by atoms with E-state index in [2.05, 4.69) is 28.2 Å². The minimum absolute atomic E-state index is 0.108. The number of nitro benzene ring substituents is 1.